The van der Waals surface area contributed by atoms with Crippen molar-refractivity contribution in [1.82, 2.24) is 19.6 Å². The molecular weight excluding hydrogens is 430 g/mol. The van der Waals surface area contributed by atoms with Crippen molar-refractivity contribution >= 4 is 29.0 Å². The minimum Gasteiger partial charge on any atom is -0.493 e. The number of amides is 1. The summed E-state index contributed by atoms with van der Waals surface area (Å²) >= 11 is 6.31. The number of carbonyl (C=O) groups is 1. The van der Waals surface area contributed by atoms with Gasteiger partial charge < -0.3 is 14.4 Å². The quantitative estimate of drug-likeness (QED) is 0.435. The molecule has 2 aromatic heterocycles. The number of methoxy groups -OCH3 is 2. The highest BCUT2D eigenvalue weighted by Gasteiger charge is 2.22. The van der Waals surface area contributed by atoms with Gasteiger partial charge in [-0.25, -0.2) is 4.98 Å². The number of benzene rings is 2. The van der Waals surface area contributed by atoms with Crippen molar-refractivity contribution in [3.63, 3.8) is 0 Å². The Morgan fingerprint density at radius 2 is 1.75 bits per heavy atom. The monoisotopic (exact) mass is 451 g/mol. The summed E-state index contributed by atoms with van der Waals surface area (Å²) in [6.45, 7) is 3.82. The molecule has 0 saturated heterocycles. The molecule has 1 amide bonds. The maximum atomic E-state index is 13.5. The fourth-order valence-electron chi connectivity index (χ4n) is 3.42. The Labute approximate surface area is 190 Å². The summed E-state index contributed by atoms with van der Waals surface area (Å²) in [5.74, 6) is 1.68. The van der Waals surface area contributed by atoms with Gasteiger partial charge in [0.2, 0.25) is 0 Å². The first-order valence-corrected chi connectivity index (χ1v) is 10.3. The molecule has 9 heteroatoms. The number of hydrogen-bond acceptors (Lipinski definition) is 6. The fraction of sp³-hybridized carbons (Fsp3) is 0.217. The largest absolute Gasteiger partial charge is 0.493 e. The van der Waals surface area contributed by atoms with E-state index in [0.717, 1.165) is 5.69 Å². The van der Waals surface area contributed by atoms with Gasteiger partial charge in [0.15, 0.2) is 17.3 Å². The average molecular weight is 452 g/mol. The van der Waals surface area contributed by atoms with Crippen molar-refractivity contribution in [3.8, 4) is 11.5 Å². The summed E-state index contributed by atoms with van der Waals surface area (Å²) in [5.41, 5.74) is 2.58. The van der Waals surface area contributed by atoms with Gasteiger partial charge in [-0.2, -0.15) is 9.50 Å². The first-order chi connectivity index (χ1) is 15.4. The molecule has 0 fully saturated rings. The molecule has 0 spiro atoms. The van der Waals surface area contributed by atoms with Crippen LogP contribution in [0, 0.1) is 13.8 Å². The van der Waals surface area contributed by atoms with E-state index in [1.165, 1.54) is 7.11 Å². The van der Waals surface area contributed by atoms with Crippen LogP contribution in [0.15, 0.2) is 48.5 Å². The van der Waals surface area contributed by atoms with E-state index in [1.54, 1.807) is 34.7 Å². The third kappa shape index (κ3) is 3.97. The van der Waals surface area contributed by atoms with Gasteiger partial charge in [0.25, 0.3) is 11.7 Å². The highest BCUT2D eigenvalue weighted by atomic mass is 35.5. The molecule has 0 atom stereocenters. The van der Waals surface area contributed by atoms with Crippen LogP contribution >= 0.6 is 11.6 Å². The number of halogens is 1. The first-order valence-electron chi connectivity index (χ1n) is 9.90. The molecule has 0 aliphatic rings. The topological polar surface area (TPSA) is 81.9 Å². The van der Waals surface area contributed by atoms with Gasteiger partial charge in [-0.05, 0) is 44.2 Å². The van der Waals surface area contributed by atoms with E-state index in [1.807, 2.05) is 44.2 Å². The third-order valence-electron chi connectivity index (χ3n) is 5.10. The lowest BCUT2D eigenvalue weighted by atomic mass is 10.1. The molecule has 2 heterocycles. The lowest BCUT2D eigenvalue weighted by Gasteiger charge is -2.22. The van der Waals surface area contributed by atoms with Crippen LogP contribution in [0.3, 0.4) is 0 Å². The number of aryl methyl sites for hydroxylation is 2. The Kier molecular flexibility index (Phi) is 5.96. The van der Waals surface area contributed by atoms with Crippen LogP contribution in [0.25, 0.3) is 5.78 Å². The van der Waals surface area contributed by atoms with Crippen molar-refractivity contribution in [2.75, 3.05) is 19.1 Å². The number of ether oxygens (including phenoxy) is 2. The van der Waals surface area contributed by atoms with E-state index in [0.29, 0.717) is 45.1 Å². The zero-order valence-corrected chi connectivity index (χ0v) is 18.9. The summed E-state index contributed by atoms with van der Waals surface area (Å²) in [4.78, 5) is 24.1. The molecule has 2 aromatic carbocycles. The molecule has 8 nitrogen and oxygen atoms in total. The average Bonchev–Trinajstić information content (AvgIpc) is 3.23. The zero-order valence-electron chi connectivity index (χ0n) is 18.2. The molecule has 4 aromatic rings. The number of carbonyl (C=O) groups excluding carboxylic acids is 1. The fourth-order valence-corrected chi connectivity index (χ4v) is 3.54. The second-order valence-corrected chi connectivity index (χ2v) is 7.51. The number of hydrogen-bond donors (Lipinski definition) is 0. The molecule has 4 rings (SSSR count). The molecular formula is C23H22ClN5O3. The Bertz CT molecular complexity index is 1290. The molecule has 0 radical (unpaired) electrons. The normalized spacial score (nSPS) is 10.9. The number of aromatic nitrogens is 4. The van der Waals surface area contributed by atoms with Gasteiger partial charge in [-0.3, -0.25) is 4.79 Å². The van der Waals surface area contributed by atoms with Crippen LogP contribution in [-0.2, 0) is 6.54 Å². The van der Waals surface area contributed by atoms with Crippen molar-refractivity contribution in [1.29, 1.82) is 0 Å². The smallest absolute Gasteiger partial charge is 0.258 e. The molecule has 164 valence electrons. The Morgan fingerprint density at radius 3 is 2.44 bits per heavy atom. The predicted molar refractivity (Wildman–Crippen MR) is 122 cm³/mol. The lowest BCUT2D eigenvalue weighted by Crippen LogP contribution is -2.31. The van der Waals surface area contributed by atoms with Gasteiger partial charge in [0.05, 0.1) is 37.2 Å². The van der Waals surface area contributed by atoms with Gasteiger partial charge >= 0.3 is 0 Å². The highest BCUT2D eigenvalue weighted by Crippen LogP contribution is 2.29. The summed E-state index contributed by atoms with van der Waals surface area (Å²) in [7, 11) is 3.08. The number of rotatable bonds is 6. The van der Waals surface area contributed by atoms with Gasteiger partial charge in [-0.15, -0.1) is 5.10 Å². The minimum absolute atomic E-state index is 0.149. The van der Waals surface area contributed by atoms with E-state index in [-0.39, 0.29) is 12.5 Å². The van der Waals surface area contributed by atoms with Crippen molar-refractivity contribution in [2.45, 2.75) is 20.4 Å². The van der Waals surface area contributed by atoms with E-state index in [4.69, 9.17) is 21.1 Å². The Balaban J connectivity index is 1.75. The second kappa shape index (κ2) is 8.84. The maximum absolute atomic E-state index is 13.5. The molecule has 0 aliphatic carbocycles. The van der Waals surface area contributed by atoms with Crippen LogP contribution in [0.2, 0.25) is 5.02 Å². The van der Waals surface area contributed by atoms with Crippen LogP contribution in [0.5, 0.6) is 11.5 Å². The number of para-hydroxylation sites is 1. The summed E-state index contributed by atoms with van der Waals surface area (Å²) in [5, 5.41) is 5.07. The maximum Gasteiger partial charge on any atom is 0.258 e. The van der Waals surface area contributed by atoms with Crippen LogP contribution in [0.4, 0.5) is 5.69 Å². The molecule has 0 saturated carbocycles. The minimum atomic E-state index is -0.227. The summed E-state index contributed by atoms with van der Waals surface area (Å²) in [6, 6.07) is 14.4. The molecule has 0 N–H and O–H groups in total. The molecule has 32 heavy (non-hydrogen) atoms. The molecule has 0 bridgehead atoms. The van der Waals surface area contributed by atoms with E-state index in [9.17, 15) is 4.79 Å². The Morgan fingerprint density at radius 1 is 1.03 bits per heavy atom. The van der Waals surface area contributed by atoms with Gasteiger partial charge in [0.1, 0.15) is 0 Å². The van der Waals surface area contributed by atoms with Gasteiger partial charge in [0, 0.05) is 11.3 Å². The van der Waals surface area contributed by atoms with E-state index in [2.05, 4.69) is 15.1 Å². The van der Waals surface area contributed by atoms with Crippen molar-refractivity contribution < 1.29 is 14.3 Å². The van der Waals surface area contributed by atoms with Crippen LogP contribution in [-0.4, -0.2) is 39.7 Å². The first kappa shape index (κ1) is 21.6. The standard InChI is InChI=1S/C23H22ClN5O3/c1-14-21(24)15(2)29-23(25-14)26-20(27-29)13-28(17-8-6-5-7-9-17)22(30)16-10-11-18(31-3)19(12-16)32-4/h5-12H,13H2,1-4H3. The predicted octanol–water partition coefficient (Wildman–Crippen LogP) is 4.26. The number of nitrogens with zero attached hydrogens (tertiary/aromatic N) is 5. The van der Waals surface area contributed by atoms with E-state index >= 15 is 0 Å². The Hall–Kier alpha value is -3.65. The van der Waals surface area contributed by atoms with Gasteiger partial charge in [-0.1, -0.05) is 29.8 Å². The number of anilines is 1. The zero-order chi connectivity index (χ0) is 22.8. The summed E-state index contributed by atoms with van der Waals surface area (Å²) < 4.78 is 12.2. The number of fused-ring (bicyclic) bond motifs is 1. The van der Waals surface area contributed by atoms with E-state index < -0.39 is 0 Å². The SMILES string of the molecule is COc1ccc(C(=O)N(Cc2nc3nc(C)c(Cl)c(C)n3n2)c2ccccc2)cc1OC. The van der Waals surface area contributed by atoms with Crippen LogP contribution in [0.1, 0.15) is 27.6 Å². The van der Waals surface area contributed by atoms with Crippen molar-refractivity contribution in [3.05, 3.63) is 76.3 Å². The second-order valence-electron chi connectivity index (χ2n) is 7.13. The van der Waals surface area contributed by atoms with Crippen molar-refractivity contribution in [2.24, 2.45) is 0 Å². The lowest BCUT2D eigenvalue weighted by molar-refractivity contribution is 0.0984. The third-order valence-corrected chi connectivity index (χ3v) is 5.64. The molecule has 0 unspecified atom stereocenters. The molecule has 0 aliphatic heterocycles. The summed E-state index contributed by atoms with van der Waals surface area (Å²) in [6.07, 6.45) is 0. The van der Waals surface area contributed by atoms with Crippen LogP contribution < -0.4 is 14.4 Å². The highest BCUT2D eigenvalue weighted by molar-refractivity contribution is 6.31.